The molecule has 0 atom stereocenters. The van der Waals surface area contributed by atoms with E-state index in [0.717, 1.165) is 0 Å². The monoisotopic (exact) mass is 183 g/mol. The van der Waals surface area contributed by atoms with Gasteiger partial charge in [0.05, 0.1) is 19.3 Å². The number of hydrogen-bond acceptors (Lipinski definition) is 5. The van der Waals surface area contributed by atoms with Crippen LogP contribution < -0.4 is 11.1 Å². The third kappa shape index (κ3) is 2.89. The number of nitrogens with two attached hydrogens (primary N) is 1. The van der Waals surface area contributed by atoms with Gasteiger partial charge in [-0.15, -0.1) is 0 Å². The van der Waals surface area contributed by atoms with Gasteiger partial charge in [0.15, 0.2) is 0 Å². The summed E-state index contributed by atoms with van der Waals surface area (Å²) >= 11 is 0. The minimum Gasteiger partial charge on any atom is -0.394 e. The molecule has 0 bridgehead atoms. The summed E-state index contributed by atoms with van der Waals surface area (Å²) < 4.78 is 0. The van der Waals surface area contributed by atoms with E-state index in [4.69, 9.17) is 15.9 Å². The highest BCUT2D eigenvalue weighted by Crippen LogP contribution is 2.06. The third-order valence-electron chi connectivity index (χ3n) is 1.56. The fraction of sp³-hybridized carbons (Fsp3) is 0.375. The third-order valence-corrected chi connectivity index (χ3v) is 1.56. The SMILES string of the molecule is Nc1cccc(NC(CO)CO)n1. The van der Waals surface area contributed by atoms with Crippen molar-refractivity contribution in [1.29, 1.82) is 0 Å². The van der Waals surface area contributed by atoms with Crippen LogP contribution in [-0.4, -0.2) is 34.5 Å². The number of aliphatic hydroxyl groups is 2. The average Bonchev–Trinajstić information content (AvgIpc) is 2.14. The Labute approximate surface area is 76.2 Å². The van der Waals surface area contributed by atoms with Crippen LogP contribution in [0.15, 0.2) is 18.2 Å². The average molecular weight is 183 g/mol. The molecule has 72 valence electrons. The van der Waals surface area contributed by atoms with Crippen LogP contribution >= 0.6 is 0 Å². The minimum atomic E-state index is -0.394. The van der Waals surface area contributed by atoms with Crippen molar-refractivity contribution in [1.82, 2.24) is 4.98 Å². The van der Waals surface area contributed by atoms with E-state index in [1.165, 1.54) is 0 Å². The molecule has 0 saturated carbocycles. The number of anilines is 2. The van der Waals surface area contributed by atoms with Gasteiger partial charge >= 0.3 is 0 Å². The van der Waals surface area contributed by atoms with Gasteiger partial charge in [0.25, 0.3) is 0 Å². The fourth-order valence-corrected chi connectivity index (χ4v) is 0.890. The molecule has 0 aliphatic rings. The lowest BCUT2D eigenvalue weighted by Crippen LogP contribution is -2.28. The maximum absolute atomic E-state index is 8.78. The predicted molar refractivity (Wildman–Crippen MR) is 50.2 cm³/mol. The number of aliphatic hydroxyl groups excluding tert-OH is 2. The van der Waals surface area contributed by atoms with Crippen LogP contribution in [0.5, 0.6) is 0 Å². The van der Waals surface area contributed by atoms with Gasteiger partial charge in [-0.25, -0.2) is 4.98 Å². The fourth-order valence-electron chi connectivity index (χ4n) is 0.890. The van der Waals surface area contributed by atoms with Crippen molar-refractivity contribution in [3.63, 3.8) is 0 Å². The van der Waals surface area contributed by atoms with Crippen LogP contribution in [0.4, 0.5) is 11.6 Å². The van der Waals surface area contributed by atoms with E-state index in [-0.39, 0.29) is 13.2 Å². The van der Waals surface area contributed by atoms with E-state index >= 15 is 0 Å². The van der Waals surface area contributed by atoms with Crippen LogP contribution in [0.3, 0.4) is 0 Å². The summed E-state index contributed by atoms with van der Waals surface area (Å²) in [6, 6.07) is 4.73. The lowest BCUT2D eigenvalue weighted by Gasteiger charge is -2.13. The van der Waals surface area contributed by atoms with Crippen LogP contribution in [0, 0.1) is 0 Å². The second-order valence-electron chi connectivity index (χ2n) is 2.65. The molecule has 0 fully saturated rings. The van der Waals surface area contributed by atoms with Crippen molar-refractivity contribution < 1.29 is 10.2 Å². The van der Waals surface area contributed by atoms with Crippen molar-refractivity contribution >= 4 is 11.6 Å². The van der Waals surface area contributed by atoms with Gasteiger partial charge in [0.1, 0.15) is 11.6 Å². The van der Waals surface area contributed by atoms with E-state index < -0.39 is 6.04 Å². The van der Waals surface area contributed by atoms with Crippen LogP contribution in [0.2, 0.25) is 0 Å². The molecule has 5 heteroatoms. The number of aromatic nitrogens is 1. The quantitative estimate of drug-likeness (QED) is 0.501. The van der Waals surface area contributed by atoms with Crippen LogP contribution in [-0.2, 0) is 0 Å². The minimum absolute atomic E-state index is 0.146. The molecule has 5 nitrogen and oxygen atoms in total. The van der Waals surface area contributed by atoms with Gasteiger partial charge in [-0.2, -0.15) is 0 Å². The molecule has 0 saturated heterocycles. The zero-order chi connectivity index (χ0) is 9.68. The number of pyridine rings is 1. The van der Waals surface area contributed by atoms with Gasteiger partial charge in [0, 0.05) is 0 Å². The number of nitrogens with zero attached hydrogens (tertiary/aromatic N) is 1. The maximum Gasteiger partial charge on any atom is 0.128 e. The van der Waals surface area contributed by atoms with Gasteiger partial charge in [-0.1, -0.05) is 6.07 Å². The van der Waals surface area contributed by atoms with Gasteiger partial charge in [-0.05, 0) is 12.1 Å². The van der Waals surface area contributed by atoms with Crippen LogP contribution in [0.1, 0.15) is 0 Å². The number of nitrogen functional groups attached to an aromatic ring is 1. The topological polar surface area (TPSA) is 91.4 Å². The molecule has 13 heavy (non-hydrogen) atoms. The summed E-state index contributed by atoms with van der Waals surface area (Å²) in [6.45, 7) is -0.292. The molecular formula is C8H13N3O2. The lowest BCUT2D eigenvalue weighted by molar-refractivity contribution is 0.203. The first-order valence-electron chi connectivity index (χ1n) is 3.97. The Balaban J connectivity index is 2.62. The summed E-state index contributed by atoms with van der Waals surface area (Å²) in [5.74, 6) is 0.952. The molecule has 0 spiro atoms. The van der Waals surface area contributed by atoms with Crippen molar-refractivity contribution in [3.8, 4) is 0 Å². The molecule has 0 aliphatic carbocycles. The highest BCUT2D eigenvalue weighted by Gasteiger charge is 2.05. The zero-order valence-electron chi connectivity index (χ0n) is 7.14. The van der Waals surface area contributed by atoms with E-state index in [0.29, 0.717) is 11.6 Å². The summed E-state index contributed by atoms with van der Waals surface area (Å²) in [7, 11) is 0. The van der Waals surface area contributed by atoms with E-state index in [1.54, 1.807) is 18.2 Å². The van der Waals surface area contributed by atoms with Gasteiger partial charge < -0.3 is 21.3 Å². The highest BCUT2D eigenvalue weighted by atomic mass is 16.3. The molecule has 1 rings (SSSR count). The zero-order valence-corrected chi connectivity index (χ0v) is 7.14. The first-order chi connectivity index (χ1) is 6.26. The lowest BCUT2D eigenvalue weighted by atomic mass is 10.3. The second kappa shape index (κ2) is 4.64. The van der Waals surface area contributed by atoms with Crippen molar-refractivity contribution in [2.45, 2.75) is 6.04 Å². The largest absolute Gasteiger partial charge is 0.394 e. The molecule has 0 unspecified atom stereocenters. The molecule has 0 aromatic carbocycles. The van der Waals surface area contributed by atoms with Crippen molar-refractivity contribution in [2.75, 3.05) is 24.3 Å². The summed E-state index contributed by atoms with van der Waals surface area (Å²) in [6.07, 6.45) is 0. The Morgan fingerprint density at radius 1 is 1.38 bits per heavy atom. The molecule has 1 heterocycles. The van der Waals surface area contributed by atoms with E-state index in [2.05, 4.69) is 10.3 Å². The number of rotatable bonds is 4. The molecule has 5 N–H and O–H groups in total. The Kier molecular flexibility index (Phi) is 3.48. The molecule has 1 aromatic heterocycles. The maximum atomic E-state index is 8.78. The normalized spacial score (nSPS) is 10.4. The first kappa shape index (κ1) is 9.76. The second-order valence-corrected chi connectivity index (χ2v) is 2.65. The molecule has 0 amide bonds. The summed E-state index contributed by atoms with van der Waals surface area (Å²) in [5.41, 5.74) is 5.44. The predicted octanol–water partition coefficient (Wildman–Crippen LogP) is -0.571. The Bertz CT molecular complexity index is 263. The first-order valence-corrected chi connectivity index (χ1v) is 3.97. The standard InChI is InChI=1S/C8H13N3O2/c9-7-2-1-3-8(11-7)10-6(4-12)5-13/h1-3,6,12-13H,4-5H2,(H3,9,10,11). The molecule has 0 aliphatic heterocycles. The summed E-state index contributed by atoms with van der Waals surface area (Å²) in [4.78, 5) is 3.95. The smallest absolute Gasteiger partial charge is 0.128 e. The van der Waals surface area contributed by atoms with Gasteiger partial charge in [-0.3, -0.25) is 0 Å². The highest BCUT2D eigenvalue weighted by molar-refractivity contribution is 5.42. The number of hydrogen-bond donors (Lipinski definition) is 4. The number of nitrogens with one attached hydrogen (secondary N) is 1. The Morgan fingerprint density at radius 2 is 2.08 bits per heavy atom. The van der Waals surface area contributed by atoms with Crippen molar-refractivity contribution in [3.05, 3.63) is 18.2 Å². The van der Waals surface area contributed by atoms with Crippen molar-refractivity contribution in [2.24, 2.45) is 0 Å². The molecular weight excluding hydrogens is 170 g/mol. The van der Waals surface area contributed by atoms with E-state index in [1.807, 2.05) is 0 Å². The Morgan fingerprint density at radius 3 is 2.62 bits per heavy atom. The molecule has 0 radical (unpaired) electrons. The molecule has 1 aromatic rings. The Hall–Kier alpha value is -1.33. The van der Waals surface area contributed by atoms with Crippen LogP contribution in [0.25, 0.3) is 0 Å². The summed E-state index contributed by atoms with van der Waals surface area (Å²) in [5, 5.41) is 20.4. The van der Waals surface area contributed by atoms with E-state index in [9.17, 15) is 0 Å². The van der Waals surface area contributed by atoms with Gasteiger partial charge in [0.2, 0.25) is 0 Å².